The largest absolute Gasteiger partial charge is 0.310 e. The third-order valence-corrected chi connectivity index (χ3v) is 3.14. The van der Waals surface area contributed by atoms with E-state index in [2.05, 4.69) is 36.4 Å². The molecule has 0 bridgehead atoms. The Balaban J connectivity index is 2.15. The normalized spacial score (nSPS) is 11.2. The van der Waals surface area contributed by atoms with Crippen molar-refractivity contribution in [2.24, 2.45) is 0 Å². The van der Waals surface area contributed by atoms with Gasteiger partial charge in [0, 0.05) is 25.4 Å². The second-order valence-electron chi connectivity index (χ2n) is 3.64. The van der Waals surface area contributed by atoms with Gasteiger partial charge in [-0.2, -0.15) is 11.8 Å². The van der Waals surface area contributed by atoms with Gasteiger partial charge < -0.3 is 5.32 Å². The topological polar surface area (TPSA) is 42.7 Å². The Labute approximate surface area is 95.8 Å². The molecule has 0 saturated carbocycles. The van der Waals surface area contributed by atoms with Gasteiger partial charge in [-0.15, -0.1) is 5.10 Å². The van der Waals surface area contributed by atoms with Crippen molar-refractivity contribution in [1.29, 1.82) is 0 Å². The van der Waals surface area contributed by atoms with E-state index in [0.717, 1.165) is 36.3 Å². The minimum Gasteiger partial charge on any atom is -0.310 e. The molecule has 0 aliphatic heterocycles. The number of hydrogen-bond acceptors (Lipinski definition) is 4. The quantitative estimate of drug-likeness (QED) is 0.719. The Morgan fingerprint density at radius 2 is 2.33 bits per heavy atom. The molecule has 0 saturated heterocycles. The number of thioether (sulfide) groups is 1. The number of aromatic nitrogens is 3. The van der Waals surface area contributed by atoms with Crippen LogP contribution in [0.15, 0.2) is 6.20 Å². The molecular weight excluding hydrogens is 208 g/mol. The highest BCUT2D eigenvalue weighted by atomic mass is 32.2. The van der Waals surface area contributed by atoms with Crippen LogP contribution in [0.3, 0.4) is 0 Å². The molecule has 1 rings (SSSR count). The summed E-state index contributed by atoms with van der Waals surface area (Å²) in [6.07, 6.45) is 1.83. The maximum atomic E-state index is 3.98. The molecule has 4 nitrogen and oxygen atoms in total. The number of nitrogens with one attached hydrogen (secondary N) is 1. The monoisotopic (exact) mass is 228 g/mol. The highest BCUT2D eigenvalue weighted by molar-refractivity contribution is 7.99. The average molecular weight is 228 g/mol. The van der Waals surface area contributed by atoms with Gasteiger partial charge in [0.1, 0.15) is 0 Å². The Hall–Kier alpha value is -0.550. The summed E-state index contributed by atoms with van der Waals surface area (Å²) in [6, 6.07) is 0. The van der Waals surface area contributed by atoms with Crippen LogP contribution in [-0.4, -0.2) is 32.5 Å². The van der Waals surface area contributed by atoms with Crippen molar-refractivity contribution in [2.45, 2.75) is 39.1 Å². The van der Waals surface area contributed by atoms with E-state index in [4.69, 9.17) is 0 Å². The molecule has 86 valence electrons. The SMILES string of the molecule is CCn1nncc1CNCCSC(C)C. The first-order chi connectivity index (χ1) is 7.24. The third kappa shape index (κ3) is 4.66. The van der Waals surface area contributed by atoms with E-state index in [1.54, 1.807) is 0 Å². The summed E-state index contributed by atoms with van der Waals surface area (Å²) in [4.78, 5) is 0. The first-order valence-corrected chi connectivity index (χ1v) is 6.48. The molecule has 0 radical (unpaired) electrons. The molecule has 0 amide bonds. The van der Waals surface area contributed by atoms with E-state index < -0.39 is 0 Å². The molecule has 1 heterocycles. The van der Waals surface area contributed by atoms with Gasteiger partial charge in [-0.05, 0) is 12.2 Å². The van der Waals surface area contributed by atoms with Gasteiger partial charge in [-0.25, -0.2) is 4.68 Å². The predicted octanol–water partition coefficient (Wildman–Crippen LogP) is 1.53. The molecule has 0 atom stereocenters. The zero-order valence-electron chi connectivity index (χ0n) is 9.73. The van der Waals surface area contributed by atoms with E-state index in [1.165, 1.54) is 0 Å². The van der Waals surface area contributed by atoms with Crippen molar-refractivity contribution in [3.63, 3.8) is 0 Å². The molecule has 15 heavy (non-hydrogen) atoms. The summed E-state index contributed by atoms with van der Waals surface area (Å²) in [6.45, 7) is 9.31. The maximum Gasteiger partial charge on any atom is 0.0738 e. The van der Waals surface area contributed by atoms with Crippen molar-refractivity contribution in [3.05, 3.63) is 11.9 Å². The standard InChI is InChI=1S/C10H20N4S/c1-4-14-10(8-12-13-14)7-11-5-6-15-9(2)3/h8-9,11H,4-7H2,1-3H3. The van der Waals surface area contributed by atoms with Crippen molar-refractivity contribution in [2.75, 3.05) is 12.3 Å². The molecule has 0 fully saturated rings. The summed E-state index contributed by atoms with van der Waals surface area (Å²) in [5.74, 6) is 1.16. The second-order valence-corrected chi connectivity index (χ2v) is 5.32. The van der Waals surface area contributed by atoms with Gasteiger partial charge in [0.05, 0.1) is 11.9 Å². The van der Waals surface area contributed by atoms with Gasteiger partial charge in [0.2, 0.25) is 0 Å². The van der Waals surface area contributed by atoms with Crippen molar-refractivity contribution in [3.8, 4) is 0 Å². The molecule has 5 heteroatoms. The lowest BCUT2D eigenvalue weighted by Crippen LogP contribution is -2.19. The summed E-state index contributed by atoms with van der Waals surface area (Å²) >= 11 is 1.98. The molecular formula is C10H20N4S. The minimum atomic E-state index is 0.717. The van der Waals surface area contributed by atoms with Crippen LogP contribution in [0.4, 0.5) is 0 Å². The zero-order chi connectivity index (χ0) is 11.1. The first kappa shape index (κ1) is 12.5. The fraction of sp³-hybridized carbons (Fsp3) is 0.800. The Morgan fingerprint density at radius 1 is 1.53 bits per heavy atom. The fourth-order valence-electron chi connectivity index (χ4n) is 1.27. The Kier molecular flexibility index (Phi) is 5.71. The summed E-state index contributed by atoms with van der Waals surface area (Å²) in [7, 11) is 0. The van der Waals surface area contributed by atoms with E-state index >= 15 is 0 Å². The Bertz CT molecular complexity index is 272. The average Bonchev–Trinajstić information content (AvgIpc) is 2.64. The number of aryl methyl sites for hydroxylation is 1. The molecule has 1 aromatic rings. The van der Waals surface area contributed by atoms with Crippen LogP contribution in [0.25, 0.3) is 0 Å². The van der Waals surface area contributed by atoms with Crippen LogP contribution in [0, 0.1) is 0 Å². The highest BCUT2D eigenvalue weighted by Gasteiger charge is 2.00. The molecule has 1 aromatic heterocycles. The minimum absolute atomic E-state index is 0.717. The van der Waals surface area contributed by atoms with Crippen LogP contribution in [0.2, 0.25) is 0 Å². The smallest absolute Gasteiger partial charge is 0.0738 e. The lowest BCUT2D eigenvalue weighted by Gasteiger charge is -2.07. The molecule has 0 aliphatic carbocycles. The highest BCUT2D eigenvalue weighted by Crippen LogP contribution is 2.07. The van der Waals surface area contributed by atoms with Crippen LogP contribution >= 0.6 is 11.8 Å². The van der Waals surface area contributed by atoms with E-state index in [1.807, 2.05) is 22.6 Å². The van der Waals surface area contributed by atoms with Crippen molar-refractivity contribution in [1.82, 2.24) is 20.3 Å². The number of hydrogen-bond donors (Lipinski definition) is 1. The van der Waals surface area contributed by atoms with Gasteiger partial charge in [0.25, 0.3) is 0 Å². The third-order valence-electron chi connectivity index (χ3n) is 2.03. The zero-order valence-corrected chi connectivity index (χ0v) is 10.5. The summed E-state index contributed by atoms with van der Waals surface area (Å²) in [5.41, 5.74) is 1.16. The van der Waals surface area contributed by atoms with Crippen molar-refractivity contribution < 1.29 is 0 Å². The number of nitrogens with zero attached hydrogens (tertiary/aromatic N) is 3. The molecule has 0 unspecified atom stereocenters. The lowest BCUT2D eigenvalue weighted by atomic mass is 10.4. The van der Waals surface area contributed by atoms with Gasteiger partial charge >= 0.3 is 0 Å². The van der Waals surface area contributed by atoms with Crippen LogP contribution < -0.4 is 5.32 Å². The van der Waals surface area contributed by atoms with Crippen LogP contribution in [-0.2, 0) is 13.1 Å². The lowest BCUT2D eigenvalue weighted by molar-refractivity contribution is 0.575. The van der Waals surface area contributed by atoms with Gasteiger partial charge in [-0.3, -0.25) is 0 Å². The number of rotatable bonds is 7. The first-order valence-electron chi connectivity index (χ1n) is 5.43. The summed E-state index contributed by atoms with van der Waals surface area (Å²) in [5, 5.41) is 12.0. The predicted molar refractivity (Wildman–Crippen MR) is 65.0 cm³/mol. The van der Waals surface area contributed by atoms with Gasteiger partial charge in [0.15, 0.2) is 0 Å². The van der Waals surface area contributed by atoms with E-state index in [0.29, 0.717) is 0 Å². The van der Waals surface area contributed by atoms with E-state index in [9.17, 15) is 0 Å². The second kappa shape index (κ2) is 6.85. The molecule has 1 N–H and O–H groups in total. The Morgan fingerprint density at radius 3 is 3.00 bits per heavy atom. The molecule has 0 aromatic carbocycles. The van der Waals surface area contributed by atoms with E-state index in [-0.39, 0.29) is 0 Å². The molecule has 0 spiro atoms. The van der Waals surface area contributed by atoms with Gasteiger partial charge in [-0.1, -0.05) is 19.1 Å². The van der Waals surface area contributed by atoms with Crippen LogP contribution in [0.1, 0.15) is 26.5 Å². The molecule has 0 aliphatic rings. The van der Waals surface area contributed by atoms with Crippen LogP contribution in [0.5, 0.6) is 0 Å². The fourth-order valence-corrected chi connectivity index (χ4v) is 2.00. The summed E-state index contributed by atoms with van der Waals surface area (Å²) < 4.78 is 1.92. The maximum absolute atomic E-state index is 3.98. The van der Waals surface area contributed by atoms with Crippen molar-refractivity contribution >= 4 is 11.8 Å².